The van der Waals surface area contributed by atoms with Crippen LogP contribution in [0.2, 0.25) is 10.0 Å². The highest BCUT2D eigenvalue weighted by Crippen LogP contribution is 2.61. The van der Waals surface area contributed by atoms with Crippen molar-refractivity contribution in [1.82, 2.24) is 25.3 Å². The molecule has 4 aliphatic carbocycles. The van der Waals surface area contributed by atoms with E-state index in [1.165, 1.54) is 51.8 Å². The number of halogens is 2. The molecule has 308 valence electrons. The number of nitrogens with zero attached hydrogens (tertiary/aromatic N) is 5. The minimum Gasteiger partial charge on any atom is -0.495 e. The molecule has 0 atom stereocenters. The van der Waals surface area contributed by atoms with Gasteiger partial charge in [-0.05, 0) is 86.0 Å². The molecule has 3 N–H and O–H groups in total. The third kappa shape index (κ3) is 10.7. The number of fused-ring (bicyclic) bond motifs is 1. The maximum absolute atomic E-state index is 12.9. The van der Waals surface area contributed by atoms with E-state index in [-0.39, 0.29) is 23.7 Å². The molecule has 0 spiro atoms. The van der Waals surface area contributed by atoms with Gasteiger partial charge >= 0.3 is 0 Å². The normalized spacial score (nSPS) is 20.6. The molecule has 2 heterocycles. The summed E-state index contributed by atoms with van der Waals surface area (Å²) in [6.07, 6.45) is 12.5. The number of aryl methyl sites for hydroxylation is 1. The third-order valence-electron chi connectivity index (χ3n) is 11.4. The number of rotatable bonds is 21. The number of nitriles is 1. The summed E-state index contributed by atoms with van der Waals surface area (Å²) in [6, 6.07) is 10.6. The number of hydrogen-bond acceptors (Lipinski definition) is 11. The Morgan fingerprint density at radius 1 is 0.931 bits per heavy atom. The van der Waals surface area contributed by atoms with E-state index in [4.69, 9.17) is 42.1 Å². The van der Waals surface area contributed by atoms with Crippen LogP contribution in [0.1, 0.15) is 62.6 Å². The monoisotopic (exact) mass is 832 g/mol. The summed E-state index contributed by atoms with van der Waals surface area (Å²) < 4.78 is 23.9. The lowest BCUT2D eigenvalue weighted by Gasteiger charge is -2.56. The first-order valence-electron chi connectivity index (χ1n) is 20.0. The number of hydrogen-bond donors (Lipinski definition) is 3. The summed E-state index contributed by atoms with van der Waals surface area (Å²) in [4.78, 5) is 30.0. The molecule has 4 aromatic rings. The molecule has 2 aromatic heterocycles. The molecule has 0 radical (unpaired) electrons. The van der Waals surface area contributed by atoms with E-state index < -0.39 is 0 Å². The van der Waals surface area contributed by atoms with Crippen LogP contribution in [0, 0.1) is 34.5 Å². The molecule has 8 rings (SSSR count). The SMILES string of the molecule is COc1cc(Nc2c(C#N)cnc3ccc(NC(=O)CCc4cn(CCOCCOCCOCCNC(=O)CC56CC7CC(CC(C7)C5)C6)nn4)cc23)c(Cl)cc1Cl. The number of benzene rings is 2. The van der Waals surface area contributed by atoms with E-state index in [9.17, 15) is 14.9 Å². The Morgan fingerprint density at radius 2 is 1.64 bits per heavy atom. The zero-order valence-corrected chi connectivity index (χ0v) is 34.2. The van der Waals surface area contributed by atoms with Crippen molar-refractivity contribution in [2.24, 2.45) is 23.2 Å². The Bertz CT molecular complexity index is 2090. The smallest absolute Gasteiger partial charge is 0.224 e. The molecular formula is C42H50Cl2N8O6. The van der Waals surface area contributed by atoms with E-state index in [0.717, 1.165) is 17.8 Å². The molecule has 16 heteroatoms. The second-order valence-corrected chi connectivity index (χ2v) is 16.6. The first-order valence-corrected chi connectivity index (χ1v) is 20.8. The van der Waals surface area contributed by atoms with Gasteiger partial charge in [0.05, 0.1) is 91.5 Å². The predicted molar refractivity (Wildman–Crippen MR) is 220 cm³/mol. The topological polar surface area (TPSA) is 175 Å². The minimum absolute atomic E-state index is 0.173. The van der Waals surface area contributed by atoms with E-state index in [0.29, 0.717) is 121 Å². The van der Waals surface area contributed by atoms with Gasteiger partial charge in [0.2, 0.25) is 11.8 Å². The van der Waals surface area contributed by atoms with E-state index in [1.807, 2.05) is 0 Å². The molecule has 0 unspecified atom stereocenters. The Hall–Kier alpha value is -4.52. The number of carbonyl (C=O) groups excluding carboxylic acids is 2. The molecule has 4 aliphatic rings. The standard InChI is InChI=1S/C42H50Cl2N8O6/c1-55-38-19-37(34(43)18-35(38)44)49-41-30(24-45)25-47-36-4-2-31(17-33(36)41)48-39(53)5-3-32-26-52(51-50-32)7-9-57-11-13-58-12-10-56-8-6-46-40(54)23-42-20-27-14-28(21-42)16-29(15-27)22-42/h2,4,17-19,25-29H,3,5-16,20-23H2,1H3,(H,46,54)(H,47,49)(H,48,53). The quantitative estimate of drug-likeness (QED) is 0.0731. The number of amides is 2. The first kappa shape index (κ1) is 41.6. The number of carbonyl (C=O) groups is 2. The molecule has 58 heavy (non-hydrogen) atoms. The van der Waals surface area contributed by atoms with Crippen LogP contribution in [0.4, 0.5) is 17.1 Å². The second-order valence-electron chi connectivity index (χ2n) is 15.8. The van der Waals surface area contributed by atoms with Crippen LogP contribution < -0.4 is 20.7 Å². The number of anilines is 3. The molecule has 0 aliphatic heterocycles. The number of ether oxygens (including phenoxy) is 4. The molecular weight excluding hydrogens is 783 g/mol. The van der Waals surface area contributed by atoms with Crippen LogP contribution >= 0.6 is 23.2 Å². The lowest BCUT2D eigenvalue weighted by Crippen LogP contribution is -2.48. The summed E-state index contributed by atoms with van der Waals surface area (Å²) in [5, 5.41) is 28.7. The highest BCUT2D eigenvalue weighted by molar-refractivity contribution is 6.37. The number of aromatic nitrogens is 4. The second kappa shape index (κ2) is 19.5. The summed E-state index contributed by atoms with van der Waals surface area (Å²) >= 11 is 12.7. The van der Waals surface area contributed by atoms with Gasteiger partial charge in [-0.15, -0.1) is 5.10 Å². The Labute approximate surface area is 348 Å². The van der Waals surface area contributed by atoms with E-state index in [1.54, 1.807) is 41.2 Å². The zero-order chi connectivity index (χ0) is 40.5. The Kier molecular flexibility index (Phi) is 14.0. The summed E-state index contributed by atoms with van der Waals surface area (Å²) in [7, 11) is 1.50. The average Bonchev–Trinajstić information content (AvgIpc) is 3.65. The summed E-state index contributed by atoms with van der Waals surface area (Å²) in [5.41, 5.74) is 3.36. The molecule has 4 bridgehead atoms. The fourth-order valence-electron chi connectivity index (χ4n) is 9.31. The van der Waals surface area contributed by atoms with Crippen LogP contribution in [-0.2, 0) is 36.8 Å². The highest BCUT2D eigenvalue weighted by atomic mass is 35.5. The predicted octanol–water partition coefficient (Wildman–Crippen LogP) is 7.10. The lowest BCUT2D eigenvalue weighted by molar-refractivity contribution is -0.129. The zero-order valence-electron chi connectivity index (χ0n) is 32.7. The maximum Gasteiger partial charge on any atom is 0.224 e. The van der Waals surface area contributed by atoms with Crippen LogP contribution in [0.3, 0.4) is 0 Å². The van der Waals surface area contributed by atoms with E-state index in [2.05, 4.69) is 37.3 Å². The maximum atomic E-state index is 12.9. The molecule has 2 aromatic carbocycles. The Morgan fingerprint density at radius 3 is 2.34 bits per heavy atom. The summed E-state index contributed by atoms with van der Waals surface area (Å²) in [6.45, 7) is 3.75. The van der Waals surface area contributed by atoms with Crippen LogP contribution in [0.25, 0.3) is 10.9 Å². The molecule has 4 fully saturated rings. The minimum atomic E-state index is -0.207. The van der Waals surface area contributed by atoms with Crippen molar-refractivity contribution >= 4 is 63.0 Å². The van der Waals surface area contributed by atoms with Gasteiger partial charge in [-0.1, -0.05) is 28.4 Å². The van der Waals surface area contributed by atoms with Crippen molar-refractivity contribution in [3.63, 3.8) is 0 Å². The van der Waals surface area contributed by atoms with Gasteiger partial charge in [0.15, 0.2) is 0 Å². The number of methoxy groups -OCH3 is 1. The average molecular weight is 834 g/mol. The summed E-state index contributed by atoms with van der Waals surface area (Å²) in [5.74, 6) is 2.95. The van der Waals surface area contributed by atoms with Gasteiger partial charge in [-0.2, -0.15) is 5.26 Å². The van der Waals surface area contributed by atoms with Crippen molar-refractivity contribution < 1.29 is 28.5 Å². The van der Waals surface area contributed by atoms with Crippen molar-refractivity contribution in [2.75, 3.05) is 63.9 Å². The van der Waals surface area contributed by atoms with Crippen molar-refractivity contribution in [2.45, 2.75) is 64.3 Å². The van der Waals surface area contributed by atoms with Gasteiger partial charge in [-0.3, -0.25) is 14.6 Å². The van der Waals surface area contributed by atoms with Gasteiger partial charge < -0.3 is 34.9 Å². The van der Waals surface area contributed by atoms with Crippen LogP contribution in [0.15, 0.2) is 42.7 Å². The fourth-order valence-corrected chi connectivity index (χ4v) is 9.81. The van der Waals surface area contributed by atoms with Gasteiger partial charge in [0.25, 0.3) is 0 Å². The lowest BCUT2D eigenvalue weighted by atomic mass is 9.49. The van der Waals surface area contributed by atoms with Crippen molar-refractivity contribution in [1.29, 1.82) is 5.26 Å². The fraction of sp³-hybridized carbons (Fsp3) is 0.524. The molecule has 2 amide bonds. The molecule has 0 saturated heterocycles. The van der Waals surface area contributed by atoms with Crippen LogP contribution in [-0.4, -0.2) is 85.1 Å². The first-order chi connectivity index (χ1) is 28.2. The largest absolute Gasteiger partial charge is 0.495 e. The van der Waals surface area contributed by atoms with Crippen LogP contribution in [0.5, 0.6) is 5.75 Å². The highest BCUT2D eigenvalue weighted by Gasteiger charge is 2.51. The van der Waals surface area contributed by atoms with E-state index >= 15 is 0 Å². The Balaban J connectivity index is 0.751. The van der Waals surface area contributed by atoms with Crippen molar-refractivity contribution in [3.05, 3.63) is 64.0 Å². The van der Waals surface area contributed by atoms with Crippen molar-refractivity contribution in [3.8, 4) is 11.8 Å². The van der Waals surface area contributed by atoms with Gasteiger partial charge in [0, 0.05) is 55.3 Å². The number of nitrogens with one attached hydrogen (secondary N) is 3. The van der Waals surface area contributed by atoms with Gasteiger partial charge in [-0.25, -0.2) is 4.68 Å². The third-order valence-corrected chi connectivity index (χ3v) is 12.1. The van der Waals surface area contributed by atoms with Gasteiger partial charge in [0.1, 0.15) is 11.8 Å². The number of pyridine rings is 1. The molecule has 14 nitrogen and oxygen atoms in total. The molecule has 4 saturated carbocycles.